The summed E-state index contributed by atoms with van der Waals surface area (Å²) < 4.78 is 0. The number of amidine groups is 1. The van der Waals surface area contributed by atoms with Crippen molar-refractivity contribution < 1.29 is 14.7 Å². The number of amides is 1. The van der Waals surface area contributed by atoms with Crippen LogP contribution in [0.1, 0.15) is 22.8 Å². The molecule has 1 saturated heterocycles. The summed E-state index contributed by atoms with van der Waals surface area (Å²) in [6, 6.07) is 20.5. The van der Waals surface area contributed by atoms with Crippen LogP contribution < -0.4 is 0 Å². The highest BCUT2D eigenvalue weighted by Crippen LogP contribution is 2.35. The van der Waals surface area contributed by atoms with Crippen molar-refractivity contribution in [3.05, 3.63) is 82.8 Å². The molecule has 3 aromatic rings. The van der Waals surface area contributed by atoms with Gasteiger partial charge in [0.15, 0.2) is 5.17 Å². The Morgan fingerprint density at radius 1 is 1.10 bits per heavy atom. The molecule has 144 valence electrons. The van der Waals surface area contributed by atoms with Crippen molar-refractivity contribution in [1.29, 1.82) is 0 Å². The summed E-state index contributed by atoms with van der Waals surface area (Å²) >= 11 is 1.30. The van der Waals surface area contributed by atoms with Crippen LogP contribution in [0.25, 0.3) is 16.8 Å². The van der Waals surface area contributed by atoms with Gasteiger partial charge >= 0.3 is 5.97 Å². The van der Waals surface area contributed by atoms with Gasteiger partial charge in [-0.3, -0.25) is 9.69 Å². The van der Waals surface area contributed by atoms with E-state index in [1.54, 1.807) is 17.0 Å². The van der Waals surface area contributed by atoms with Crippen molar-refractivity contribution in [2.24, 2.45) is 4.99 Å². The van der Waals surface area contributed by atoms with Gasteiger partial charge in [0.2, 0.25) is 0 Å². The van der Waals surface area contributed by atoms with Gasteiger partial charge in [-0.05, 0) is 59.3 Å². The first-order valence-corrected chi connectivity index (χ1v) is 9.99. The third-order valence-corrected chi connectivity index (χ3v) is 5.64. The Morgan fingerprint density at radius 3 is 2.66 bits per heavy atom. The van der Waals surface area contributed by atoms with Gasteiger partial charge in [0.25, 0.3) is 5.91 Å². The van der Waals surface area contributed by atoms with Gasteiger partial charge in [0.1, 0.15) is 0 Å². The van der Waals surface area contributed by atoms with Crippen molar-refractivity contribution in [2.45, 2.75) is 6.92 Å². The molecule has 0 radical (unpaired) electrons. The minimum atomic E-state index is -1.01. The molecule has 0 unspecified atom stereocenters. The topological polar surface area (TPSA) is 70.0 Å². The predicted molar refractivity (Wildman–Crippen MR) is 117 cm³/mol. The molecule has 0 saturated carbocycles. The van der Waals surface area contributed by atoms with E-state index in [1.165, 1.54) is 23.9 Å². The summed E-state index contributed by atoms with van der Waals surface area (Å²) in [6.45, 7) is 2.37. The number of nitrogens with zero attached hydrogens (tertiary/aromatic N) is 2. The van der Waals surface area contributed by atoms with Crippen LogP contribution >= 0.6 is 11.8 Å². The number of benzene rings is 3. The second-order valence-corrected chi connectivity index (χ2v) is 7.49. The van der Waals surface area contributed by atoms with Gasteiger partial charge in [-0.25, -0.2) is 9.79 Å². The average Bonchev–Trinajstić information content (AvgIpc) is 3.02. The normalized spacial score (nSPS) is 16.9. The van der Waals surface area contributed by atoms with Crippen LogP contribution in [0.3, 0.4) is 0 Å². The molecule has 4 rings (SSSR count). The number of aromatic carboxylic acids is 1. The van der Waals surface area contributed by atoms with Crippen LogP contribution in [0.15, 0.2) is 76.6 Å². The fourth-order valence-corrected chi connectivity index (χ4v) is 4.26. The Balaban J connectivity index is 1.72. The summed E-state index contributed by atoms with van der Waals surface area (Å²) in [6.07, 6.45) is 1.90. The lowest BCUT2D eigenvalue weighted by Crippen LogP contribution is -2.28. The summed E-state index contributed by atoms with van der Waals surface area (Å²) in [4.78, 5) is 30.9. The first-order chi connectivity index (χ1) is 14.1. The molecule has 0 aromatic heterocycles. The number of aliphatic imine (C=N–C) groups is 1. The first kappa shape index (κ1) is 19.0. The van der Waals surface area contributed by atoms with Crippen molar-refractivity contribution in [1.82, 2.24) is 4.90 Å². The Hall–Kier alpha value is -3.38. The Bertz CT molecular complexity index is 1180. The Kier molecular flexibility index (Phi) is 5.18. The number of fused-ring (bicyclic) bond motifs is 1. The Labute approximate surface area is 172 Å². The van der Waals surface area contributed by atoms with Crippen molar-refractivity contribution >= 4 is 51.3 Å². The maximum atomic E-state index is 12.9. The van der Waals surface area contributed by atoms with Crippen LogP contribution in [0.2, 0.25) is 0 Å². The van der Waals surface area contributed by atoms with E-state index in [-0.39, 0.29) is 11.5 Å². The molecule has 5 nitrogen and oxygen atoms in total. The number of carboxylic acids is 1. The number of thioether (sulfide) groups is 1. The van der Waals surface area contributed by atoms with E-state index in [4.69, 9.17) is 0 Å². The van der Waals surface area contributed by atoms with Gasteiger partial charge in [0, 0.05) is 6.54 Å². The third-order valence-electron chi connectivity index (χ3n) is 4.63. The number of carbonyl (C=O) groups excluding carboxylic acids is 1. The highest BCUT2D eigenvalue weighted by atomic mass is 32.2. The zero-order valence-corrected chi connectivity index (χ0v) is 16.5. The second-order valence-electron chi connectivity index (χ2n) is 6.48. The lowest BCUT2D eigenvalue weighted by atomic mass is 10.0. The number of likely N-dealkylation sites (N-methyl/N-ethyl adjacent to an activating group) is 1. The molecule has 1 heterocycles. The first-order valence-electron chi connectivity index (χ1n) is 9.18. The smallest absolute Gasteiger partial charge is 0.335 e. The number of rotatable bonds is 4. The van der Waals surface area contributed by atoms with Crippen molar-refractivity contribution in [3.8, 4) is 0 Å². The van der Waals surface area contributed by atoms with E-state index in [9.17, 15) is 14.7 Å². The van der Waals surface area contributed by atoms with E-state index >= 15 is 0 Å². The van der Waals surface area contributed by atoms with Crippen LogP contribution in [-0.4, -0.2) is 33.6 Å². The maximum Gasteiger partial charge on any atom is 0.335 e. The average molecular weight is 402 g/mol. The monoisotopic (exact) mass is 402 g/mol. The predicted octanol–water partition coefficient (Wildman–Crippen LogP) is 5.16. The van der Waals surface area contributed by atoms with Crippen LogP contribution in [0.4, 0.5) is 5.69 Å². The minimum Gasteiger partial charge on any atom is -0.478 e. The van der Waals surface area contributed by atoms with Gasteiger partial charge < -0.3 is 5.11 Å². The van der Waals surface area contributed by atoms with Crippen LogP contribution in [0, 0.1) is 0 Å². The largest absolute Gasteiger partial charge is 0.478 e. The maximum absolute atomic E-state index is 12.9. The highest BCUT2D eigenvalue weighted by Gasteiger charge is 2.32. The molecule has 1 amide bonds. The van der Waals surface area contributed by atoms with Gasteiger partial charge in [-0.15, -0.1) is 0 Å². The molecular formula is C23H18N2O3S. The molecule has 6 heteroatoms. The van der Waals surface area contributed by atoms with E-state index in [1.807, 2.05) is 55.5 Å². The van der Waals surface area contributed by atoms with Gasteiger partial charge in [-0.2, -0.15) is 0 Å². The second kappa shape index (κ2) is 7.93. The molecule has 1 N–H and O–H groups in total. The molecule has 1 aliphatic heterocycles. The van der Waals surface area contributed by atoms with E-state index in [2.05, 4.69) is 4.99 Å². The molecule has 0 bridgehead atoms. The van der Waals surface area contributed by atoms with Crippen LogP contribution in [-0.2, 0) is 4.79 Å². The molecule has 0 aliphatic carbocycles. The summed E-state index contributed by atoms with van der Waals surface area (Å²) in [5, 5.41) is 11.9. The van der Waals surface area contributed by atoms with Gasteiger partial charge in [-0.1, -0.05) is 48.5 Å². The number of hydrogen-bond acceptors (Lipinski definition) is 4. The fraction of sp³-hybridized carbons (Fsp3) is 0.0870. The molecular weight excluding hydrogens is 384 g/mol. The molecule has 0 atom stereocenters. The fourth-order valence-electron chi connectivity index (χ4n) is 3.21. The van der Waals surface area contributed by atoms with Crippen molar-refractivity contribution in [2.75, 3.05) is 6.54 Å². The highest BCUT2D eigenvalue weighted by molar-refractivity contribution is 8.18. The number of carboxylic acid groups (broad SMARTS) is 1. The summed E-state index contributed by atoms with van der Waals surface area (Å²) in [7, 11) is 0. The standard InChI is InChI=1S/C23H18N2O3S/c1-2-25-21(26)20(14-16-9-5-8-15-7-3-4-12-19(15)16)29-23(25)24-18-11-6-10-17(13-18)22(27)28/h3-14H,2H2,1H3,(H,27,28)/b20-14+,24-23?. The minimum absolute atomic E-state index is 0.0985. The molecule has 1 fully saturated rings. The Morgan fingerprint density at radius 2 is 1.86 bits per heavy atom. The van der Waals surface area contributed by atoms with E-state index in [0.29, 0.717) is 22.3 Å². The SMILES string of the molecule is CCN1C(=O)/C(=C\c2cccc3ccccc23)SC1=Nc1cccc(C(=O)O)c1. The lowest BCUT2D eigenvalue weighted by molar-refractivity contribution is -0.122. The zero-order chi connectivity index (χ0) is 20.4. The zero-order valence-electron chi connectivity index (χ0n) is 15.7. The third kappa shape index (κ3) is 3.79. The molecule has 1 aliphatic rings. The molecule has 0 spiro atoms. The number of hydrogen-bond donors (Lipinski definition) is 1. The summed E-state index contributed by atoms with van der Waals surface area (Å²) in [5.41, 5.74) is 1.64. The molecule has 29 heavy (non-hydrogen) atoms. The van der Waals surface area contributed by atoms with Crippen LogP contribution in [0.5, 0.6) is 0 Å². The quantitative estimate of drug-likeness (QED) is 0.612. The van der Waals surface area contributed by atoms with Crippen molar-refractivity contribution in [3.63, 3.8) is 0 Å². The number of carbonyl (C=O) groups is 2. The van der Waals surface area contributed by atoms with E-state index < -0.39 is 5.97 Å². The summed E-state index contributed by atoms with van der Waals surface area (Å²) in [5.74, 6) is -1.11. The molecule has 3 aromatic carbocycles. The van der Waals surface area contributed by atoms with Gasteiger partial charge in [0.05, 0.1) is 16.2 Å². The van der Waals surface area contributed by atoms with E-state index in [0.717, 1.165) is 16.3 Å². The lowest BCUT2D eigenvalue weighted by Gasteiger charge is -2.12.